The average molecular weight is 378 g/mol. The summed E-state index contributed by atoms with van der Waals surface area (Å²) in [6.45, 7) is -1.27. The molecule has 1 aromatic rings. The van der Waals surface area contributed by atoms with Crippen LogP contribution in [0.4, 0.5) is 13.2 Å². The minimum atomic E-state index is -4.40. The number of carbonyl (C=O) groups is 1. The summed E-state index contributed by atoms with van der Waals surface area (Å²) in [6, 6.07) is 4.34. The van der Waals surface area contributed by atoms with Gasteiger partial charge in [-0.05, 0) is 40.8 Å². The molecule has 1 aromatic carbocycles. The van der Waals surface area contributed by atoms with Gasteiger partial charge in [-0.3, -0.25) is 4.79 Å². The fraction of sp³-hybridized carbons (Fsp3) is 0.300. The molecule has 0 aromatic heterocycles. The van der Waals surface area contributed by atoms with Gasteiger partial charge < -0.3 is 4.90 Å². The van der Waals surface area contributed by atoms with E-state index in [0.29, 0.717) is 13.5 Å². The lowest BCUT2D eigenvalue weighted by Gasteiger charge is -2.19. The van der Waals surface area contributed by atoms with Crippen molar-refractivity contribution in [2.45, 2.75) is 6.18 Å². The van der Waals surface area contributed by atoms with Crippen molar-refractivity contribution in [1.29, 1.82) is 0 Å². The number of rotatable bonds is 2. The zero-order chi connectivity index (χ0) is 13.2. The van der Waals surface area contributed by atoms with Crippen LogP contribution in [0, 0.1) is 3.57 Å². The largest absolute Gasteiger partial charge is 0.406 e. The minimum Gasteiger partial charge on any atom is -0.333 e. The molecule has 0 bridgehead atoms. The summed E-state index contributed by atoms with van der Waals surface area (Å²) in [4.78, 5) is 12.3. The Labute approximate surface area is 115 Å². The van der Waals surface area contributed by atoms with E-state index >= 15 is 0 Å². The maximum Gasteiger partial charge on any atom is 0.406 e. The van der Waals surface area contributed by atoms with Crippen molar-refractivity contribution >= 4 is 40.1 Å². The van der Waals surface area contributed by atoms with Crippen molar-refractivity contribution in [3.8, 4) is 0 Å². The minimum absolute atomic E-state index is 0.186. The van der Waals surface area contributed by atoms with Crippen molar-refractivity contribution in [3.05, 3.63) is 32.4 Å². The highest BCUT2D eigenvalue weighted by atomic mass is 127. The molecule has 0 spiro atoms. The maximum atomic E-state index is 12.1. The molecule has 17 heavy (non-hydrogen) atoms. The smallest absolute Gasteiger partial charge is 0.333 e. The number of carbonyl (C=O) groups excluding carboxylic acids is 1. The van der Waals surface area contributed by atoms with Crippen LogP contribution in [0.1, 0.15) is 10.4 Å². The predicted octanol–water partition coefficient (Wildman–Crippen LogP) is 3.58. The van der Waals surface area contributed by atoms with Gasteiger partial charge in [0.1, 0.15) is 6.54 Å². The number of hydrogen-bond donors (Lipinski definition) is 0. The number of amides is 1. The van der Waals surface area contributed by atoms with Crippen molar-refractivity contribution in [1.82, 2.24) is 4.90 Å². The molecule has 2 nitrogen and oxygen atoms in total. The molecular weight excluding hydrogens is 369 g/mol. The Balaban J connectivity index is 2.85. The lowest BCUT2D eigenvalue weighted by molar-refractivity contribution is -0.138. The van der Waals surface area contributed by atoms with Gasteiger partial charge in [-0.2, -0.15) is 13.2 Å². The Kier molecular flexibility index (Phi) is 4.65. The van der Waals surface area contributed by atoms with Gasteiger partial charge in [-0.1, -0.05) is 11.6 Å². The molecule has 0 aliphatic rings. The average Bonchev–Trinajstić information content (AvgIpc) is 2.18. The first-order chi connectivity index (χ1) is 7.70. The predicted molar refractivity (Wildman–Crippen MR) is 67.2 cm³/mol. The second kappa shape index (κ2) is 5.43. The Morgan fingerprint density at radius 3 is 2.53 bits per heavy atom. The van der Waals surface area contributed by atoms with E-state index in [1.807, 2.05) is 22.6 Å². The zero-order valence-electron chi connectivity index (χ0n) is 8.68. The maximum absolute atomic E-state index is 12.1. The van der Waals surface area contributed by atoms with Crippen LogP contribution in [0.5, 0.6) is 0 Å². The van der Waals surface area contributed by atoms with Gasteiger partial charge in [0.15, 0.2) is 0 Å². The molecule has 0 aliphatic heterocycles. The number of hydrogen-bond acceptors (Lipinski definition) is 1. The van der Waals surface area contributed by atoms with Crippen LogP contribution in [-0.2, 0) is 0 Å². The van der Waals surface area contributed by atoms with Crippen LogP contribution in [0.2, 0.25) is 5.02 Å². The van der Waals surface area contributed by atoms with E-state index in [2.05, 4.69) is 0 Å². The van der Waals surface area contributed by atoms with Gasteiger partial charge in [-0.25, -0.2) is 0 Å². The van der Waals surface area contributed by atoms with Crippen LogP contribution in [0.15, 0.2) is 18.2 Å². The molecule has 7 heteroatoms. The first-order valence-electron chi connectivity index (χ1n) is 4.48. The van der Waals surface area contributed by atoms with E-state index < -0.39 is 18.6 Å². The summed E-state index contributed by atoms with van der Waals surface area (Å²) < 4.78 is 36.9. The van der Waals surface area contributed by atoms with E-state index in [1.165, 1.54) is 18.2 Å². The van der Waals surface area contributed by atoms with Crippen molar-refractivity contribution in [3.63, 3.8) is 0 Å². The highest BCUT2D eigenvalue weighted by molar-refractivity contribution is 14.1. The summed E-state index contributed by atoms with van der Waals surface area (Å²) in [5.41, 5.74) is 0.186. The molecule has 0 N–H and O–H groups in total. The van der Waals surface area contributed by atoms with E-state index in [-0.39, 0.29) is 5.56 Å². The van der Waals surface area contributed by atoms with Crippen LogP contribution in [0.3, 0.4) is 0 Å². The molecule has 1 amide bonds. The van der Waals surface area contributed by atoms with Gasteiger partial charge in [0.2, 0.25) is 0 Å². The highest BCUT2D eigenvalue weighted by Crippen LogP contribution is 2.21. The molecule has 0 atom stereocenters. The molecule has 0 aliphatic carbocycles. The molecule has 0 heterocycles. The standard InChI is InChI=1S/C10H8ClF3INO/c1-16(5-10(12,13)14)9(17)6-2-3-7(11)8(15)4-6/h2-4H,5H2,1H3. The summed E-state index contributed by atoms with van der Waals surface area (Å²) in [5, 5.41) is 0.459. The normalized spacial score (nSPS) is 11.4. The second-order valence-electron chi connectivity index (χ2n) is 3.41. The van der Waals surface area contributed by atoms with Gasteiger partial charge >= 0.3 is 6.18 Å². The van der Waals surface area contributed by atoms with Crippen LogP contribution in [-0.4, -0.2) is 30.6 Å². The third-order valence-corrected chi connectivity index (χ3v) is 3.47. The number of benzene rings is 1. The topological polar surface area (TPSA) is 20.3 Å². The second-order valence-corrected chi connectivity index (χ2v) is 4.97. The monoisotopic (exact) mass is 377 g/mol. The fourth-order valence-corrected chi connectivity index (χ4v) is 1.82. The number of alkyl halides is 3. The Morgan fingerprint density at radius 1 is 1.47 bits per heavy atom. The molecule has 0 radical (unpaired) electrons. The van der Waals surface area contributed by atoms with Crippen LogP contribution in [0.25, 0.3) is 0 Å². The summed E-state index contributed by atoms with van der Waals surface area (Å²) in [6.07, 6.45) is -4.40. The van der Waals surface area contributed by atoms with E-state index in [1.54, 1.807) is 0 Å². The molecule has 0 unspecified atom stereocenters. The van der Waals surface area contributed by atoms with Crippen LogP contribution >= 0.6 is 34.2 Å². The molecule has 0 saturated heterocycles. The summed E-state index contributed by atoms with van der Waals surface area (Å²) in [7, 11) is 1.11. The van der Waals surface area contributed by atoms with E-state index in [0.717, 1.165) is 7.05 Å². The molecule has 0 fully saturated rings. The highest BCUT2D eigenvalue weighted by Gasteiger charge is 2.31. The van der Waals surface area contributed by atoms with Gasteiger partial charge in [0.05, 0.1) is 5.02 Å². The van der Waals surface area contributed by atoms with E-state index in [9.17, 15) is 18.0 Å². The summed E-state index contributed by atoms with van der Waals surface area (Å²) >= 11 is 7.67. The van der Waals surface area contributed by atoms with Crippen molar-refractivity contribution in [2.24, 2.45) is 0 Å². The molecule has 0 saturated carbocycles. The van der Waals surface area contributed by atoms with Gasteiger partial charge in [-0.15, -0.1) is 0 Å². The van der Waals surface area contributed by atoms with Crippen molar-refractivity contribution in [2.75, 3.05) is 13.6 Å². The molecule has 94 valence electrons. The van der Waals surface area contributed by atoms with Gasteiger partial charge in [0.25, 0.3) is 5.91 Å². The summed E-state index contributed by atoms with van der Waals surface area (Å²) in [5.74, 6) is -0.683. The van der Waals surface area contributed by atoms with Crippen molar-refractivity contribution < 1.29 is 18.0 Å². The Hall–Kier alpha value is -0.500. The third kappa shape index (κ3) is 4.34. The van der Waals surface area contributed by atoms with E-state index in [4.69, 9.17) is 11.6 Å². The Bertz CT molecular complexity index is 436. The quantitative estimate of drug-likeness (QED) is 0.722. The lowest BCUT2D eigenvalue weighted by Crippen LogP contribution is -2.35. The Morgan fingerprint density at radius 2 is 2.06 bits per heavy atom. The fourth-order valence-electron chi connectivity index (χ4n) is 1.19. The number of halogens is 5. The molecular formula is C10H8ClF3INO. The first kappa shape index (κ1) is 14.6. The molecule has 1 rings (SSSR count). The van der Waals surface area contributed by atoms with Crippen LogP contribution < -0.4 is 0 Å². The lowest BCUT2D eigenvalue weighted by atomic mass is 10.2. The SMILES string of the molecule is CN(CC(F)(F)F)C(=O)c1ccc(Cl)c(I)c1. The third-order valence-electron chi connectivity index (χ3n) is 1.93. The number of nitrogens with zero attached hydrogens (tertiary/aromatic N) is 1. The first-order valence-corrected chi connectivity index (χ1v) is 5.93. The van der Waals surface area contributed by atoms with Gasteiger partial charge in [0, 0.05) is 16.2 Å². The zero-order valence-corrected chi connectivity index (χ0v) is 11.6.